The van der Waals surface area contributed by atoms with E-state index in [9.17, 15) is 4.79 Å². The highest BCUT2D eigenvalue weighted by Crippen LogP contribution is 2.44. The normalized spacial score (nSPS) is 12.1. The lowest BCUT2D eigenvalue weighted by atomic mass is 10.0. The van der Waals surface area contributed by atoms with E-state index in [4.69, 9.17) is 4.74 Å². The predicted octanol–water partition coefficient (Wildman–Crippen LogP) is 5.38. The Balaban J connectivity index is 1.37. The number of nitrogens with zero attached hydrogens (tertiary/aromatic N) is 6. The van der Waals surface area contributed by atoms with Crippen LogP contribution in [-0.2, 0) is 13.2 Å². The van der Waals surface area contributed by atoms with Crippen LogP contribution < -0.4 is 10.2 Å². The molecule has 10 heteroatoms. The van der Waals surface area contributed by atoms with Crippen molar-refractivity contribution in [2.75, 3.05) is 0 Å². The average molecular weight is 569 g/mol. The number of pyridine rings is 1. The lowest BCUT2D eigenvalue weighted by Crippen LogP contribution is -2.17. The molecule has 0 spiro atoms. The number of hydrogen-bond donors (Lipinski definition) is 0. The highest BCUT2D eigenvalue weighted by atomic mass is 79.9. The molecule has 0 amide bonds. The van der Waals surface area contributed by atoms with Crippen LogP contribution in [0.4, 0.5) is 0 Å². The second kappa shape index (κ2) is 8.82. The number of fused-ring (bicyclic) bond motifs is 3. The number of hydrogen-bond acceptors (Lipinski definition) is 7. The molecule has 7 rings (SSSR count). The Morgan fingerprint density at radius 1 is 1.00 bits per heavy atom. The van der Waals surface area contributed by atoms with E-state index in [1.54, 1.807) is 28.8 Å². The molecule has 3 aromatic heterocycles. The van der Waals surface area contributed by atoms with Crippen molar-refractivity contribution in [2.24, 2.45) is 0 Å². The zero-order valence-electron chi connectivity index (χ0n) is 19.2. The first kappa shape index (κ1) is 22.2. The lowest BCUT2D eigenvalue weighted by molar-refractivity contribution is 0.223. The molecule has 180 valence electrons. The molecule has 0 atom stereocenters. The molecule has 1 aliphatic rings. The lowest BCUT2D eigenvalue weighted by Gasteiger charge is -2.24. The number of rotatable bonds is 5. The van der Waals surface area contributed by atoms with E-state index < -0.39 is 0 Å². The van der Waals surface area contributed by atoms with Crippen LogP contribution in [-0.4, -0.2) is 29.5 Å². The maximum Gasteiger partial charge on any atom is 0.193 e. The summed E-state index contributed by atoms with van der Waals surface area (Å²) in [5.74, 6) is 0.596. The van der Waals surface area contributed by atoms with Gasteiger partial charge in [0, 0.05) is 44.8 Å². The summed E-state index contributed by atoms with van der Waals surface area (Å²) in [4.78, 5) is 24.0. The third kappa shape index (κ3) is 3.89. The van der Waals surface area contributed by atoms with Gasteiger partial charge in [0.2, 0.25) is 0 Å². The van der Waals surface area contributed by atoms with Crippen LogP contribution in [0, 0.1) is 0 Å². The second-order valence-electron chi connectivity index (χ2n) is 8.66. The van der Waals surface area contributed by atoms with Gasteiger partial charge in [0.1, 0.15) is 17.6 Å². The SMILES string of the molecule is O=c1c(Cc2cncnc2)cn2c3c(cc(OCn4nnc5ccccc54)cc13)Sc1ccc(Br)cc1-2. The maximum absolute atomic E-state index is 13.8. The number of benzene rings is 3. The van der Waals surface area contributed by atoms with Crippen LogP contribution in [0.1, 0.15) is 11.1 Å². The Hall–Kier alpha value is -4.02. The molecule has 8 nitrogen and oxygen atoms in total. The molecule has 6 aromatic rings. The molecular weight excluding hydrogens is 552 g/mol. The predicted molar refractivity (Wildman–Crippen MR) is 144 cm³/mol. The first-order chi connectivity index (χ1) is 18.1. The Kier molecular flexibility index (Phi) is 5.29. The van der Waals surface area contributed by atoms with Gasteiger partial charge in [-0.2, -0.15) is 0 Å². The van der Waals surface area contributed by atoms with Gasteiger partial charge in [-0.3, -0.25) is 4.79 Å². The molecule has 0 saturated carbocycles. The summed E-state index contributed by atoms with van der Waals surface area (Å²) in [5, 5.41) is 9.01. The Morgan fingerprint density at radius 3 is 2.76 bits per heavy atom. The number of halogens is 1. The molecule has 0 aliphatic carbocycles. The van der Waals surface area contributed by atoms with Crippen molar-refractivity contribution in [3.63, 3.8) is 0 Å². The third-order valence-corrected chi connectivity index (χ3v) is 7.88. The molecule has 37 heavy (non-hydrogen) atoms. The van der Waals surface area contributed by atoms with E-state index in [0.29, 0.717) is 23.1 Å². The van der Waals surface area contributed by atoms with Crippen molar-refractivity contribution in [3.8, 4) is 11.4 Å². The highest BCUT2D eigenvalue weighted by molar-refractivity contribution is 9.10. The monoisotopic (exact) mass is 568 g/mol. The summed E-state index contributed by atoms with van der Waals surface area (Å²) in [6.45, 7) is 0.175. The van der Waals surface area contributed by atoms with Crippen LogP contribution >= 0.6 is 27.7 Å². The fourth-order valence-electron chi connectivity index (χ4n) is 4.61. The molecule has 1 aliphatic heterocycles. The van der Waals surface area contributed by atoms with Crippen molar-refractivity contribution in [3.05, 3.63) is 105 Å². The minimum atomic E-state index is -0.0351. The van der Waals surface area contributed by atoms with Gasteiger partial charge in [0.15, 0.2) is 12.2 Å². The molecule has 0 fully saturated rings. The molecule has 3 aromatic carbocycles. The Labute approximate surface area is 223 Å². The van der Waals surface area contributed by atoms with E-state index in [2.05, 4.69) is 52.9 Å². The zero-order chi connectivity index (χ0) is 24.9. The van der Waals surface area contributed by atoms with Crippen molar-refractivity contribution >= 4 is 49.6 Å². The van der Waals surface area contributed by atoms with Crippen LogP contribution in [0.5, 0.6) is 5.75 Å². The van der Waals surface area contributed by atoms with E-state index in [0.717, 1.165) is 42.1 Å². The standard InChI is InChI=1S/C27H17BrN6O2S/c28-18-5-6-24-23(8-18)33-13-17(7-16-11-29-14-30-12-16)27(35)20-9-19(10-25(37-24)26(20)33)36-15-34-22-4-2-1-3-21(22)31-32-34/h1-6,8-14H,7,15H2. The first-order valence-electron chi connectivity index (χ1n) is 11.5. The third-order valence-electron chi connectivity index (χ3n) is 6.29. The first-order valence-corrected chi connectivity index (χ1v) is 13.1. The van der Waals surface area contributed by atoms with Crippen LogP contribution in [0.25, 0.3) is 27.6 Å². The van der Waals surface area contributed by atoms with Gasteiger partial charge in [-0.15, -0.1) is 5.10 Å². The van der Waals surface area contributed by atoms with Crippen molar-refractivity contribution < 1.29 is 4.74 Å². The zero-order valence-corrected chi connectivity index (χ0v) is 21.6. The summed E-state index contributed by atoms with van der Waals surface area (Å²) in [6, 6.07) is 17.7. The van der Waals surface area contributed by atoms with E-state index in [-0.39, 0.29) is 12.2 Å². The number of aromatic nitrogens is 6. The Morgan fingerprint density at radius 2 is 1.86 bits per heavy atom. The summed E-state index contributed by atoms with van der Waals surface area (Å²) in [7, 11) is 0. The van der Waals surface area contributed by atoms with E-state index in [1.807, 2.05) is 48.7 Å². The molecular formula is C27H17BrN6O2S. The number of ether oxygens (including phenoxy) is 1. The van der Waals surface area contributed by atoms with Gasteiger partial charge in [0.25, 0.3) is 0 Å². The minimum absolute atomic E-state index is 0.0351. The van der Waals surface area contributed by atoms with Gasteiger partial charge in [-0.1, -0.05) is 45.0 Å². The second-order valence-corrected chi connectivity index (χ2v) is 10.7. The van der Waals surface area contributed by atoms with Gasteiger partial charge in [-0.25, -0.2) is 14.6 Å². The summed E-state index contributed by atoms with van der Waals surface area (Å²) in [5.41, 5.74) is 5.07. The summed E-state index contributed by atoms with van der Waals surface area (Å²) in [6.07, 6.45) is 7.33. The van der Waals surface area contributed by atoms with E-state index in [1.165, 1.54) is 6.33 Å². The summed E-state index contributed by atoms with van der Waals surface area (Å²) >= 11 is 5.23. The van der Waals surface area contributed by atoms with Crippen molar-refractivity contribution in [2.45, 2.75) is 22.9 Å². The molecule has 0 bridgehead atoms. The fourth-order valence-corrected chi connectivity index (χ4v) is 6.07. The maximum atomic E-state index is 13.8. The van der Waals surface area contributed by atoms with Gasteiger partial charge >= 0.3 is 0 Å². The fraction of sp³-hybridized carbons (Fsp3) is 0.0741. The van der Waals surface area contributed by atoms with Gasteiger partial charge in [-0.05, 0) is 48.0 Å². The molecule has 0 unspecified atom stereocenters. The van der Waals surface area contributed by atoms with Crippen molar-refractivity contribution in [1.29, 1.82) is 0 Å². The average Bonchev–Trinajstić information content (AvgIpc) is 3.34. The Bertz CT molecular complexity index is 1890. The highest BCUT2D eigenvalue weighted by Gasteiger charge is 2.23. The molecule has 0 N–H and O–H groups in total. The van der Waals surface area contributed by atoms with Crippen LogP contribution in [0.2, 0.25) is 0 Å². The van der Waals surface area contributed by atoms with Crippen molar-refractivity contribution in [1.82, 2.24) is 29.5 Å². The molecule has 0 saturated heterocycles. The molecule has 0 radical (unpaired) electrons. The topological polar surface area (TPSA) is 87.7 Å². The van der Waals surface area contributed by atoms with Crippen LogP contribution in [0.15, 0.2) is 98.6 Å². The summed E-state index contributed by atoms with van der Waals surface area (Å²) < 4.78 is 10.9. The van der Waals surface area contributed by atoms with Crippen LogP contribution in [0.3, 0.4) is 0 Å². The number of para-hydroxylation sites is 1. The smallest absolute Gasteiger partial charge is 0.193 e. The van der Waals surface area contributed by atoms with Gasteiger partial charge < -0.3 is 9.30 Å². The molecule has 4 heterocycles. The van der Waals surface area contributed by atoms with E-state index >= 15 is 0 Å². The quantitative estimate of drug-likeness (QED) is 0.275. The van der Waals surface area contributed by atoms with Gasteiger partial charge in [0.05, 0.1) is 22.1 Å². The largest absolute Gasteiger partial charge is 0.471 e. The minimum Gasteiger partial charge on any atom is -0.471 e.